The Morgan fingerprint density at radius 3 is 2.89 bits per heavy atom. The summed E-state index contributed by atoms with van der Waals surface area (Å²) in [6, 6.07) is 1.82. The zero-order valence-electron chi connectivity index (χ0n) is 11.6. The molecule has 1 aromatic rings. The zero-order chi connectivity index (χ0) is 14.0. The highest BCUT2D eigenvalue weighted by molar-refractivity contribution is 5.95. The van der Waals surface area contributed by atoms with Crippen molar-refractivity contribution >= 4 is 11.7 Å². The average molecular weight is 264 g/mol. The SMILES string of the molecule is Cc1cc(N(C)CC2CCCO2)c(C(=O)O)c(C)n1. The van der Waals surface area contributed by atoms with E-state index in [2.05, 4.69) is 4.98 Å². The predicted octanol–water partition coefficient (Wildman–Crippen LogP) is 2.01. The van der Waals surface area contributed by atoms with Gasteiger partial charge in [-0.15, -0.1) is 0 Å². The molecule has 1 N–H and O–H groups in total. The minimum absolute atomic E-state index is 0.195. The van der Waals surface area contributed by atoms with Gasteiger partial charge in [-0.2, -0.15) is 0 Å². The number of likely N-dealkylation sites (N-methyl/N-ethyl adjacent to an activating group) is 1. The molecular formula is C14H20N2O3. The molecule has 104 valence electrons. The summed E-state index contributed by atoms with van der Waals surface area (Å²) in [6.45, 7) is 5.13. The van der Waals surface area contributed by atoms with Crippen LogP contribution in [0.25, 0.3) is 0 Å². The number of anilines is 1. The highest BCUT2D eigenvalue weighted by Crippen LogP contribution is 2.25. The molecule has 1 aliphatic heterocycles. The molecule has 0 bridgehead atoms. The van der Waals surface area contributed by atoms with Gasteiger partial charge in [-0.3, -0.25) is 4.98 Å². The normalized spacial score (nSPS) is 18.6. The first kappa shape index (κ1) is 13.8. The molecular weight excluding hydrogens is 244 g/mol. The Labute approximate surface area is 113 Å². The van der Waals surface area contributed by atoms with Gasteiger partial charge in [0.25, 0.3) is 0 Å². The number of nitrogens with zero attached hydrogens (tertiary/aromatic N) is 2. The van der Waals surface area contributed by atoms with Crippen LogP contribution >= 0.6 is 0 Å². The Morgan fingerprint density at radius 1 is 1.58 bits per heavy atom. The number of carboxylic acid groups (broad SMARTS) is 1. The molecule has 0 saturated carbocycles. The van der Waals surface area contributed by atoms with Gasteiger partial charge in [0.05, 0.1) is 17.5 Å². The summed E-state index contributed by atoms with van der Waals surface area (Å²) in [5.41, 5.74) is 2.39. The topological polar surface area (TPSA) is 62.7 Å². The van der Waals surface area contributed by atoms with Gasteiger partial charge in [0, 0.05) is 25.9 Å². The molecule has 1 aromatic heterocycles. The van der Waals surface area contributed by atoms with Gasteiger partial charge in [-0.05, 0) is 32.8 Å². The van der Waals surface area contributed by atoms with Crippen LogP contribution in [0, 0.1) is 13.8 Å². The molecule has 5 heteroatoms. The van der Waals surface area contributed by atoms with Crippen molar-refractivity contribution in [2.75, 3.05) is 25.1 Å². The number of carboxylic acids is 1. The van der Waals surface area contributed by atoms with Crippen LogP contribution in [-0.4, -0.2) is 42.4 Å². The largest absolute Gasteiger partial charge is 0.478 e. The lowest BCUT2D eigenvalue weighted by atomic mass is 10.1. The Hall–Kier alpha value is -1.62. The summed E-state index contributed by atoms with van der Waals surface area (Å²) in [5.74, 6) is -0.931. The molecule has 2 rings (SSSR count). The second-order valence-electron chi connectivity index (χ2n) is 5.06. The molecule has 5 nitrogen and oxygen atoms in total. The van der Waals surface area contributed by atoms with E-state index in [1.807, 2.05) is 24.9 Å². The van der Waals surface area contributed by atoms with Crippen LogP contribution < -0.4 is 4.90 Å². The third-order valence-corrected chi connectivity index (χ3v) is 3.43. The highest BCUT2D eigenvalue weighted by atomic mass is 16.5. The minimum Gasteiger partial charge on any atom is -0.478 e. The Bertz CT molecular complexity index is 482. The number of carbonyl (C=O) groups is 1. The van der Waals surface area contributed by atoms with Crippen LogP contribution in [0.3, 0.4) is 0 Å². The highest BCUT2D eigenvalue weighted by Gasteiger charge is 2.22. The fourth-order valence-electron chi connectivity index (χ4n) is 2.57. The van der Waals surface area contributed by atoms with Gasteiger partial charge in [0.2, 0.25) is 0 Å². The van der Waals surface area contributed by atoms with Crippen molar-refractivity contribution in [1.82, 2.24) is 4.98 Å². The van der Waals surface area contributed by atoms with Gasteiger partial charge in [-0.25, -0.2) is 4.79 Å². The molecule has 0 radical (unpaired) electrons. The van der Waals surface area contributed by atoms with Crippen molar-refractivity contribution in [2.24, 2.45) is 0 Å². The molecule has 1 aliphatic rings. The van der Waals surface area contributed by atoms with Crippen molar-refractivity contribution < 1.29 is 14.6 Å². The zero-order valence-corrected chi connectivity index (χ0v) is 11.6. The third kappa shape index (κ3) is 3.04. The van der Waals surface area contributed by atoms with Gasteiger partial charge in [0.15, 0.2) is 0 Å². The van der Waals surface area contributed by atoms with Crippen molar-refractivity contribution in [3.63, 3.8) is 0 Å². The third-order valence-electron chi connectivity index (χ3n) is 3.43. The molecule has 1 fully saturated rings. The number of ether oxygens (including phenoxy) is 1. The maximum atomic E-state index is 11.4. The summed E-state index contributed by atoms with van der Waals surface area (Å²) in [4.78, 5) is 17.6. The molecule has 1 unspecified atom stereocenters. The first-order valence-electron chi connectivity index (χ1n) is 6.53. The average Bonchev–Trinajstić information content (AvgIpc) is 2.79. The van der Waals surface area contributed by atoms with E-state index in [0.29, 0.717) is 17.9 Å². The quantitative estimate of drug-likeness (QED) is 0.901. The lowest BCUT2D eigenvalue weighted by molar-refractivity contribution is 0.0695. The van der Waals surface area contributed by atoms with Crippen molar-refractivity contribution in [2.45, 2.75) is 32.8 Å². The fourth-order valence-corrected chi connectivity index (χ4v) is 2.57. The van der Waals surface area contributed by atoms with E-state index >= 15 is 0 Å². The maximum absolute atomic E-state index is 11.4. The molecule has 0 aliphatic carbocycles. The Balaban J connectivity index is 2.28. The molecule has 2 heterocycles. The number of rotatable bonds is 4. The van der Waals surface area contributed by atoms with Crippen LogP contribution in [0.15, 0.2) is 6.07 Å². The van der Waals surface area contributed by atoms with Crippen LogP contribution in [0.1, 0.15) is 34.6 Å². The summed E-state index contributed by atoms with van der Waals surface area (Å²) in [5, 5.41) is 9.35. The number of pyridine rings is 1. The molecule has 0 aromatic carbocycles. The predicted molar refractivity (Wildman–Crippen MR) is 72.9 cm³/mol. The van der Waals surface area contributed by atoms with E-state index < -0.39 is 5.97 Å². The maximum Gasteiger partial charge on any atom is 0.339 e. The van der Waals surface area contributed by atoms with E-state index in [-0.39, 0.29) is 11.7 Å². The van der Waals surface area contributed by atoms with E-state index in [9.17, 15) is 9.90 Å². The number of hydrogen-bond donors (Lipinski definition) is 1. The van der Waals surface area contributed by atoms with E-state index in [1.165, 1.54) is 0 Å². The second-order valence-corrected chi connectivity index (χ2v) is 5.06. The van der Waals surface area contributed by atoms with Crippen LogP contribution in [-0.2, 0) is 4.74 Å². The second kappa shape index (κ2) is 5.57. The smallest absolute Gasteiger partial charge is 0.339 e. The fraction of sp³-hybridized carbons (Fsp3) is 0.571. The lowest BCUT2D eigenvalue weighted by Crippen LogP contribution is -2.30. The van der Waals surface area contributed by atoms with E-state index in [0.717, 1.165) is 25.1 Å². The van der Waals surface area contributed by atoms with Crippen LogP contribution in [0.4, 0.5) is 5.69 Å². The van der Waals surface area contributed by atoms with Crippen LogP contribution in [0.5, 0.6) is 0 Å². The molecule has 1 saturated heterocycles. The standard InChI is InChI=1S/C14H20N2O3/c1-9-7-12(13(14(17)18)10(2)15-9)16(3)8-11-5-4-6-19-11/h7,11H,4-6,8H2,1-3H3,(H,17,18). The summed E-state index contributed by atoms with van der Waals surface area (Å²) in [6.07, 6.45) is 2.31. The van der Waals surface area contributed by atoms with E-state index in [4.69, 9.17) is 4.74 Å². The van der Waals surface area contributed by atoms with E-state index in [1.54, 1.807) is 6.92 Å². The minimum atomic E-state index is -0.931. The number of aromatic carboxylic acids is 1. The van der Waals surface area contributed by atoms with Crippen molar-refractivity contribution in [3.05, 3.63) is 23.0 Å². The lowest BCUT2D eigenvalue weighted by Gasteiger charge is -2.25. The van der Waals surface area contributed by atoms with Gasteiger partial charge >= 0.3 is 5.97 Å². The van der Waals surface area contributed by atoms with Gasteiger partial charge in [0.1, 0.15) is 5.56 Å². The Kier molecular flexibility index (Phi) is 4.04. The van der Waals surface area contributed by atoms with Crippen molar-refractivity contribution in [3.8, 4) is 0 Å². The monoisotopic (exact) mass is 264 g/mol. The van der Waals surface area contributed by atoms with Crippen LogP contribution in [0.2, 0.25) is 0 Å². The molecule has 19 heavy (non-hydrogen) atoms. The summed E-state index contributed by atoms with van der Waals surface area (Å²) in [7, 11) is 1.91. The van der Waals surface area contributed by atoms with Crippen molar-refractivity contribution in [1.29, 1.82) is 0 Å². The molecule has 0 spiro atoms. The molecule has 1 atom stereocenters. The van der Waals surface area contributed by atoms with Gasteiger partial charge < -0.3 is 14.7 Å². The number of aromatic nitrogens is 1. The molecule has 0 amide bonds. The number of aryl methyl sites for hydroxylation is 2. The summed E-state index contributed by atoms with van der Waals surface area (Å²) >= 11 is 0. The first-order valence-corrected chi connectivity index (χ1v) is 6.53. The number of hydrogen-bond acceptors (Lipinski definition) is 4. The Morgan fingerprint density at radius 2 is 2.32 bits per heavy atom. The van der Waals surface area contributed by atoms with Gasteiger partial charge in [-0.1, -0.05) is 0 Å². The summed E-state index contributed by atoms with van der Waals surface area (Å²) < 4.78 is 5.60. The first-order chi connectivity index (χ1) is 8.99.